The Hall–Kier alpha value is -0.850. The molecular weight excluding hydrogens is 134 g/mol. The average Bonchev–Trinajstić information content (AvgIpc) is 2.06. The second kappa shape index (κ2) is 4.12. The summed E-state index contributed by atoms with van der Waals surface area (Å²) < 4.78 is 0. The molecule has 1 aromatic rings. The van der Waals surface area contributed by atoms with Crippen molar-refractivity contribution in [1.82, 2.24) is 4.98 Å². The number of pyridine rings is 1. The number of hydrogen-bond acceptors (Lipinski definition) is 1. The number of rotatable bonds is 3. The highest BCUT2D eigenvalue weighted by Crippen LogP contribution is 2.09. The third kappa shape index (κ3) is 2.71. The second-order valence-electron chi connectivity index (χ2n) is 3.07. The summed E-state index contributed by atoms with van der Waals surface area (Å²) >= 11 is 0. The molecule has 0 bridgehead atoms. The molecule has 0 saturated heterocycles. The Labute approximate surface area is 68.5 Å². The summed E-state index contributed by atoms with van der Waals surface area (Å²) in [7, 11) is 0. The van der Waals surface area contributed by atoms with E-state index in [1.165, 1.54) is 18.4 Å². The van der Waals surface area contributed by atoms with Crippen molar-refractivity contribution in [2.24, 2.45) is 5.92 Å². The van der Waals surface area contributed by atoms with Crippen molar-refractivity contribution < 1.29 is 0 Å². The Morgan fingerprint density at radius 1 is 1.36 bits per heavy atom. The van der Waals surface area contributed by atoms with Crippen LogP contribution in [0.15, 0.2) is 24.5 Å². The SMILES string of the molecule is CC[C@@H](C)Cc1ccncc1. The van der Waals surface area contributed by atoms with Crippen LogP contribution in [-0.4, -0.2) is 4.98 Å². The largest absolute Gasteiger partial charge is 0.265 e. The summed E-state index contributed by atoms with van der Waals surface area (Å²) in [6.45, 7) is 4.51. The lowest BCUT2D eigenvalue weighted by atomic mass is 10.0. The normalized spacial score (nSPS) is 12.9. The summed E-state index contributed by atoms with van der Waals surface area (Å²) in [4.78, 5) is 3.98. The highest BCUT2D eigenvalue weighted by molar-refractivity contribution is 5.09. The Balaban J connectivity index is 2.51. The van der Waals surface area contributed by atoms with Crippen LogP contribution < -0.4 is 0 Å². The third-order valence-corrected chi connectivity index (χ3v) is 2.03. The third-order valence-electron chi connectivity index (χ3n) is 2.03. The van der Waals surface area contributed by atoms with Crippen molar-refractivity contribution in [3.63, 3.8) is 0 Å². The molecule has 1 aromatic heterocycles. The lowest BCUT2D eigenvalue weighted by Crippen LogP contribution is -1.97. The summed E-state index contributed by atoms with van der Waals surface area (Å²) in [5.74, 6) is 0.789. The van der Waals surface area contributed by atoms with E-state index in [-0.39, 0.29) is 0 Å². The van der Waals surface area contributed by atoms with Crippen LogP contribution in [0.1, 0.15) is 25.8 Å². The van der Waals surface area contributed by atoms with Gasteiger partial charge in [-0.25, -0.2) is 0 Å². The molecular formula is C10H15N. The minimum absolute atomic E-state index is 0.789. The minimum atomic E-state index is 0.789. The predicted octanol–water partition coefficient (Wildman–Crippen LogP) is 2.67. The van der Waals surface area contributed by atoms with E-state index < -0.39 is 0 Å². The van der Waals surface area contributed by atoms with Crippen LogP contribution in [0.25, 0.3) is 0 Å². The molecule has 0 aromatic carbocycles. The molecule has 0 spiro atoms. The first-order valence-corrected chi connectivity index (χ1v) is 4.21. The summed E-state index contributed by atoms with van der Waals surface area (Å²) in [6.07, 6.45) is 6.15. The van der Waals surface area contributed by atoms with Crippen molar-refractivity contribution in [3.8, 4) is 0 Å². The van der Waals surface area contributed by atoms with E-state index in [0.29, 0.717) is 0 Å². The van der Waals surface area contributed by atoms with E-state index in [1.54, 1.807) is 0 Å². The quantitative estimate of drug-likeness (QED) is 0.644. The van der Waals surface area contributed by atoms with Gasteiger partial charge in [0.1, 0.15) is 0 Å². The molecule has 0 radical (unpaired) electrons. The van der Waals surface area contributed by atoms with Crippen LogP contribution in [-0.2, 0) is 6.42 Å². The Kier molecular flexibility index (Phi) is 3.09. The maximum atomic E-state index is 3.98. The molecule has 0 N–H and O–H groups in total. The highest BCUT2D eigenvalue weighted by atomic mass is 14.6. The number of nitrogens with zero attached hydrogens (tertiary/aromatic N) is 1. The predicted molar refractivity (Wildman–Crippen MR) is 47.4 cm³/mol. The van der Waals surface area contributed by atoms with Crippen LogP contribution in [0.5, 0.6) is 0 Å². The van der Waals surface area contributed by atoms with Gasteiger partial charge in [0.25, 0.3) is 0 Å². The van der Waals surface area contributed by atoms with Crippen molar-refractivity contribution in [3.05, 3.63) is 30.1 Å². The van der Waals surface area contributed by atoms with E-state index >= 15 is 0 Å². The number of aromatic nitrogens is 1. The summed E-state index contributed by atoms with van der Waals surface area (Å²) in [5, 5.41) is 0. The van der Waals surface area contributed by atoms with Gasteiger partial charge in [-0.3, -0.25) is 4.98 Å². The maximum absolute atomic E-state index is 3.98. The molecule has 0 aliphatic rings. The second-order valence-corrected chi connectivity index (χ2v) is 3.07. The van der Waals surface area contributed by atoms with Crippen molar-refractivity contribution in [2.45, 2.75) is 26.7 Å². The number of hydrogen-bond donors (Lipinski definition) is 0. The monoisotopic (exact) mass is 149 g/mol. The molecule has 0 unspecified atom stereocenters. The highest BCUT2D eigenvalue weighted by Gasteiger charge is 1.98. The van der Waals surface area contributed by atoms with Gasteiger partial charge in [-0.05, 0) is 30.0 Å². The molecule has 60 valence electrons. The van der Waals surface area contributed by atoms with E-state index in [4.69, 9.17) is 0 Å². The molecule has 0 aliphatic heterocycles. The standard InChI is InChI=1S/C10H15N/c1-3-9(2)8-10-4-6-11-7-5-10/h4-7,9H,3,8H2,1-2H3/t9-/m1/s1. The zero-order valence-electron chi connectivity index (χ0n) is 7.25. The molecule has 0 amide bonds. The van der Waals surface area contributed by atoms with Gasteiger partial charge in [0.15, 0.2) is 0 Å². The summed E-state index contributed by atoms with van der Waals surface area (Å²) in [6, 6.07) is 4.18. The fourth-order valence-corrected chi connectivity index (χ4v) is 1.07. The molecule has 1 heteroatoms. The minimum Gasteiger partial charge on any atom is -0.265 e. The lowest BCUT2D eigenvalue weighted by molar-refractivity contribution is 0.560. The van der Waals surface area contributed by atoms with Gasteiger partial charge in [0, 0.05) is 12.4 Å². The van der Waals surface area contributed by atoms with E-state index in [2.05, 4.69) is 31.0 Å². The zero-order chi connectivity index (χ0) is 8.10. The lowest BCUT2D eigenvalue weighted by Gasteiger charge is -2.06. The van der Waals surface area contributed by atoms with Gasteiger partial charge in [0.2, 0.25) is 0 Å². The Bertz CT molecular complexity index is 193. The van der Waals surface area contributed by atoms with Gasteiger partial charge in [-0.1, -0.05) is 20.3 Å². The van der Waals surface area contributed by atoms with E-state index in [1.807, 2.05) is 12.4 Å². The first-order chi connectivity index (χ1) is 5.33. The van der Waals surface area contributed by atoms with Gasteiger partial charge in [-0.2, -0.15) is 0 Å². The first kappa shape index (κ1) is 8.25. The van der Waals surface area contributed by atoms with Crippen LogP contribution in [0.3, 0.4) is 0 Å². The molecule has 0 aliphatic carbocycles. The van der Waals surface area contributed by atoms with Crippen molar-refractivity contribution >= 4 is 0 Å². The van der Waals surface area contributed by atoms with Crippen LogP contribution in [0.2, 0.25) is 0 Å². The zero-order valence-corrected chi connectivity index (χ0v) is 7.25. The van der Waals surface area contributed by atoms with Crippen LogP contribution >= 0.6 is 0 Å². The van der Waals surface area contributed by atoms with Gasteiger partial charge in [-0.15, -0.1) is 0 Å². The fourth-order valence-electron chi connectivity index (χ4n) is 1.07. The Morgan fingerprint density at radius 2 is 2.00 bits per heavy atom. The molecule has 1 heterocycles. The first-order valence-electron chi connectivity index (χ1n) is 4.21. The summed E-state index contributed by atoms with van der Waals surface area (Å²) in [5.41, 5.74) is 1.40. The molecule has 1 atom stereocenters. The van der Waals surface area contributed by atoms with E-state index in [9.17, 15) is 0 Å². The smallest absolute Gasteiger partial charge is 0.0270 e. The molecule has 1 nitrogen and oxygen atoms in total. The maximum Gasteiger partial charge on any atom is 0.0270 e. The van der Waals surface area contributed by atoms with Crippen LogP contribution in [0, 0.1) is 5.92 Å². The van der Waals surface area contributed by atoms with Crippen LogP contribution in [0.4, 0.5) is 0 Å². The molecule has 11 heavy (non-hydrogen) atoms. The van der Waals surface area contributed by atoms with Gasteiger partial charge in [0.05, 0.1) is 0 Å². The fraction of sp³-hybridized carbons (Fsp3) is 0.500. The van der Waals surface area contributed by atoms with Crippen molar-refractivity contribution in [1.29, 1.82) is 0 Å². The average molecular weight is 149 g/mol. The molecule has 0 fully saturated rings. The van der Waals surface area contributed by atoms with E-state index in [0.717, 1.165) is 5.92 Å². The van der Waals surface area contributed by atoms with Crippen molar-refractivity contribution in [2.75, 3.05) is 0 Å². The topological polar surface area (TPSA) is 12.9 Å². The van der Waals surface area contributed by atoms with Gasteiger partial charge < -0.3 is 0 Å². The Morgan fingerprint density at radius 3 is 2.55 bits per heavy atom. The molecule has 1 rings (SSSR count). The van der Waals surface area contributed by atoms with Gasteiger partial charge >= 0.3 is 0 Å². The molecule has 0 saturated carbocycles.